The van der Waals surface area contributed by atoms with Gasteiger partial charge in [0.15, 0.2) is 0 Å². The predicted octanol–water partition coefficient (Wildman–Crippen LogP) is 0.606. The fourth-order valence-electron chi connectivity index (χ4n) is 0.515. The van der Waals surface area contributed by atoms with Gasteiger partial charge in [-0.05, 0) is 6.08 Å². The van der Waals surface area contributed by atoms with E-state index in [2.05, 4.69) is 18.2 Å². The fourth-order valence-corrected chi connectivity index (χ4v) is 1.31. The highest BCUT2D eigenvalue weighted by atomic mass is 32.2. The van der Waals surface area contributed by atoms with E-state index in [9.17, 15) is 8.42 Å². The fraction of sp³-hybridized carbons (Fsp3) is 0.286. The van der Waals surface area contributed by atoms with Crippen molar-refractivity contribution in [3.63, 3.8) is 0 Å². The Balaban J connectivity index is 4.86. The van der Waals surface area contributed by atoms with Crippen LogP contribution in [-0.4, -0.2) is 33.2 Å². The molecule has 0 fully saturated rings. The first-order chi connectivity index (χ1) is 5.46. The lowest BCUT2D eigenvalue weighted by Crippen LogP contribution is -2.25. The number of hydrogen-bond donors (Lipinski definition) is 0. The third-order valence-electron chi connectivity index (χ3n) is 1.22. The Hall–Kier alpha value is -1.10. The van der Waals surface area contributed by atoms with E-state index in [1.165, 1.54) is 26.5 Å². The second-order valence-corrected chi connectivity index (χ2v) is 4.12. The Morgan fingerprint density at radius 3 is 2.42 bits per heavy atom. The van der Waals surface area contributed by atoms with E-state index in [1.807, 2.05) is 0 Å². The Kier molecular flexibility index (Phi) is 3.69. The Bertz CT molecular complexity index is 303. The van der Waals surface area contributed by atoms with Gasteiger partial charge >= 0.3 is 0 Å². The van der Waals surface area contributed by atoms with Crippen molar-refractivity contribution in [3.05, 3.63) is 24.1 Å². The van der Waals surface area contributed by atoms with Crippen molar-refractivity contribution in [1.29, 1.82) is 0 Å². The van der Waals surface area contributed by atoms with Crippen LogP contribution in [0.1, 0.15) is 0 Å². The molecule has 4 nitrogen and oxygen atoms in total. The average Bonchev–Trinajstić information content (AvgIpc) is 2.03. The summed E-state index contributed by atoms with van der Waals surface area (Å²) in [6.45, 7) is 6.66. The standard InChI is InChI=1S/C7H12N2O2S/c1-5-7(2)12(10,11)9(4)6-8-3/h5-6H,1-2H2,3-4H3. The summed E-state index contributed by atoms with van der Waals surface area (Å²) in [5, 5.41) is 0. The van der Waals surface area contributed by atoms with Gasteiger partial charge in [0.2, 0.25) is 0 Å². The van der Waals surface area contributed by atoms with Crippen molar-refractivity contribution in [2.45, 2.75) is 0 Å². The number of allylic oxidation sites excluding steroid dienone is 1. The first-order valence-corrected chi connectivity index (χ1v) is 4.62. The molecule has 0 saturated heterocycles. The van der Waals surface area contributed by atoms with Gasteiger partial charge in [0, 0.05) is 14.1 Å². The molecule has 0 aromatic heterocycles. The summed E-state index contributed by atoms with van der Waals surface area (Å²) >= 11 is 0. The molecule has 0 amide bonds. The monoisotopic (exact) mass is 188 g/mol. The summed E-state index contributed by atoms with van der Waals surface area (Å²) < 4.78 is 23.6. The number of nitrogens with zero attached hydrogens (tertiary/aromatic N) is 2. The summed E-state index contributed by atoms with van der Waals surface area (Å²) in [5.41, 5.74) is 0. The first kappa shape index (κ1) is 10.9. The van der Waals surface area contributed by atoms with Crippen molar-refractivity contribution < 1.29 is 8.42 Å². The minimum absolute atomic E-state index is 0.0371. The lowest BCUT2D eigenvalue weighted by molar-refractivity contribution is 0.564. The molecule has 0 N–H and O–H groups in total. The maximum absolute atomic E-state index is 11.3. The normalized spacial score (nSPS) is 11.5. The summed E-state index contributed by atoms with van der Waals surface area (Å²) in [4.78, 5) is 3.53. The Labute approximate surface area is 73.0 Å². The maximum Gasteiger partial charge on any atom is 0.264 e. The zero-order chi connectivity index (χ0) is 9.78. The molecule has 0 aliphatic heterocycles. The van der Waals surface area contributed by atoms with Crippen LogP contribution in [0, 0.1) is 0 Å². The second-order valence-electron chi connectivity index (χ2n) is 2.07. The Morgan fingerprint density at radius 1 is 1.58 bits per heavy atom. The predicted molar refractivity (Wildman–Crippen MR) is 50.4 cm³/mol. The molecule has 0 bridgehead atoms. The zero-order valence-corrected chi connectivity index (χ0v) is 8.00. The van der Waals surface area contributed by atoms with E-state index in [4.69, 9.17) is 0 Å². The molecule has 5 heteroatoms. The highest BCUT2D eigenvalue weighted by Crippen LogP contribution is 2.07. The molecule has 68 valence electrons. The van der Waals surface area contributed by atoms with Crippen molar-refractivity contribution in [1.82, 2.24) is 4.31 Å². The molecule has 0 aliphatic rings. The van der Waals surface area contributed by atoms with Crippen LogP contribution >= 0.6 is 0 Å². The van der Waals surface area contributed by atoms with E-state index in [1.54, 1.807) is 0 Å². The summed E-state index contributed by atoms with van der Waals surface area (Å²) in [5.74, 6) is 0. The van der Waals surface area contributed by atoms with Gasteiger partial charge in [-0.3, -0.25) is 9.30 Å². The molecular weight excluding hydrogens is 176 g/mol. The maximum atomic E-state index is 11.3. The SMILES string of the molecule is C=CC(=C)S(=O)(=O)N(C)C=NC. The van der Waals surface area contributed by atoms with Crippen LogP contribution in [0.15, 0.2) is 29.1 Å². The molecule has 0 saturated carbocycles. The highest BCUT2D eigenvalue weighted by Gasteiger charge is 2.16. The molecule has 0 aliphatic carbocycles. The summed E-state index contributed by atoms with van der Waals surface area (Å²) in [6.07, 6.45) is 2.39. The number of aliphatic imine (C=N–C) groups is 1. The van der Waals surface area contributed by atoms with Gasteiger partial charge in [-0.15, -0.1) is 0 Å². The molecular formula is C7H12N2O2S. The van der Waals surface area contributed by atoms with Gasteiger partial charge in [0.05, 0.1) is 11.2 Å². The van der Waals surface area contributed by atoms with Crippen LogP contribution < -0.4 is 0 Å². The van der Waals surface area contributed by atoms with Gasteiger partial charge in [-0.1, -0.05) is 13.2 Å². The van der Waals surface area contributed by atoms with E-state index in [0.29, 0.717) is 0 Å². The van der Waals surface area contributed by atoms with Crippen molar-refractivity contribution in [3.8, 4) is 0 Å². The van der Waals surface area contributed by atoms with Crippen LogP contribution in [0.25, 0.3) is 0 Å². The van der Waals surface area contributed by atoms with Crippen LogP contribution in [0.4, 0.5) is 0 Å². The second kappa shape index (κ2) is 4.06. The van der Waals surface area contributed by atoms with Crippen LogP contribution in [0.5, 0.6) is 0 Å². The number of sulfonamides is 1. The quantitative estimate of drug-likeness (QED) is 0.368. The van der Waals surface area contributed by atoms with Crippen LogP contribution in [0.2, 0.25) is 0 Å². The number of hydrogen-bond acceptors (Lipinski definition) is 3. The minimum Gasteiger partial charge on any atom is -0.278 e. The molecule has 0 rings (SSSR count). The molecule has 0 aromatic rings. The van der Waals surface area contributed by atoms with E-state index >= 15 is 0 Å². The minimum atomic E-state index is -3.48. The van der Waals surface area contributed by atoms with Gasteiger partial charge in [0.25, 0.3) is 10.0 Å². The zero-order valence-electron chi connectivity index (χ0n) is 7.19. The Morgan fingerprint density at radius 2 is 2.08 bits per heavy atom. The van der Waals surface area contributed by atoms with E-state index < -0.39 is 10.0 Å². The van der Waals surface area contributed by atoms with Gasteiger partial charge < -0.3 is 0 Å². The van der Waals surface area contributed by atoms with Crippen LogP contribution in [-0.2, 0) is 10.0 Å². The smallest absolute Gasteiger partial charge is 0.264 e. The first-order valence-electron chi connectivity index (χ1n) is 3.18. The average molecular weight is 188 g/mol. The van der Waals surface area contributed by atoms with Crippen molar-refractivity contribution >= 4 is 16.4 Å². The van der Waals surface area contributed by atoms with Gasteiger partial charge in [0.1, 0.15) is 0 Å². The molecule has 0 radical (unpaired) electrons. The molecule has 0 heterocycles. The van der Waals surface area contributed by atoms with Gasteiger partial charge in [-0.25, -0.2) is 8.42 Å². The third kappa shape index (κ3) is 2.20. The third-order valence-corrected chi connectivity index (χ3v) is 2.90. The van der Waals surface area contributed by atoms with E-state index in [-0.39, 0.29) is 4.91 Å². The molecule has 0 atom stereocenters. The van der Waals surface area contributed by atoms with Crippen LogP contribution in [0.3, 0.4) is 0 Å². The molecule has 0 spiro atoms. The highest BCUT2D eigenvalue weighted by molar-refractivity contribution is 7.93. The summed E-state index contributed by atoms with van der Waals surface area (Å²) in [6, 6.07) is 0. The summed E-state index contributed by atoms with van der Waals surface area (Å²) in [7, 11) is -0.605. The lowest BCUT2D eigenvalue weighted by Gasteiger charge is -2.12. The van der Waals surface area contributed by atoms with Crippen molar-refractivity contribution in [2.75, 3.05) is 14.1 Å². The molecule has 12 heavy (non-hydrogen) atoms. The largest absolute Gasteiger partial charge is 0.278 e. The molecule has 0 aromatic carbocycles. The van der Waals surface area contributed by atoms with Crippen molar-refractivity contribution in [2.24, 2.45) is 4.99 Å². The molecule has 0 unspecified atom stereocenters. The topological polar surface area (TPSA) is 49.7 Å². The lowest BCUT2D eigenvalue weighted by atomic mass is 10.6. The van der Waals surface area contributed by atoms with Gasteiger partial charge in [-0.2, -0.15) is 0 Å². The van der Waals surface area contributed by atoms with E-state index in [0.717, 1.165) is 4.31 Å². The number of rotatable bonds is 4.